The standard InChI is InChI=1S/C51H86O6/c1-4-7-10-13-16-18-20-21-22-23-24-25-26-27-28-29-31-32-35-38-41-44-50(53)56-47-48(46-55-49(52)43-40-37-34-15-12-9-6-3)57-51(54)45-42-39-36-33-30-19-17-14-11-8-5-2/h7,10,16,18,21-22,24-25,27-28,31-32,48H,4-6,8-9,11-15,17,19-20,23,26,29-30,33-47H2,1-3H3/b10-7-,18-16-,22-21-,25-24-,28-27-,32-31-. The van der Waals surface area contributed by atoms with Crippen LogP contribution in [0.2, 0.25) is 0 Å². The van der Waals surface area contributed by atoms with E-state index in [1.807, 2.05) is 0 Å². The number of carbonyl (C=O) groups excluding carboxylic acids is 3. The molecule has 0 fully saturated rings. The highest BCUT2D eigenvalue weighted by atomic mass is 16.6. The monoisotopic (exact) mass is 795 g/mol. The first kappa shape index (κ1) is 53.9. The molecule has 0 bridgehead atoms. The molecule has 0 N–H and O–H groups in total. The SMILES string of the molecule is CC/C=C\C/C=C\C/C=C\C/C=C\C/C=C\C/C=C\CCCCC(=O)OCC(COC(=O)CCCCCCCCC)OC(=O)CCCCCCCCCCCCC. The van der Waals surface area contributed by atoms with Gasteiger partial charge in [0.15, 0.2) is 6.10 Å². The summed E-state index contributed by atoms with van der Waals surface area (Å²) in [6.07, 6.45) is 56.1. The Bertz CT molecular complexity index is 1100. The van der Waals surface area contributed by atoms with Crippen molar-refractivity contribution < 1.29 is 28.6 Å². The van der Waals surface area contributed by atoms with Crippen molar-refractivity contribution in [1.82, 2.24) is 0 Å². The summed E-state index contributed by atoms with van der Waals surface area (Å²) < 4.78 is 16.6. The first-order valence-electron chi connectivity index (χ1n) is 23.4. The van der Waals surface area contributed by atoms with E-state index in [1.54, 1.807) is 0 Å². The number of allylic oxidation sites excluding steroid dienone is 12. The molecule has 6 nitrogen and oxygen atoms in total. The molecule has 0 saturated heterocycles. The van der Waals surface area contributed by atoms with Gasteiger partial charge in [0.2, 0.25) is 0 Å². The minimum Gasteiger partial charge on any atom is -0.462 e. The van der Waals surface area contributed by atoms with Gasteiger partial charge in [0.1, 0.15) is 13.2 Å². The van der Waals surface area contributed by atoms with E-state index in [2.05, 4.69) is 93.7 Å². The largest absolute Gasteiger partial charge is 0.462 e. The molecule has 0 radical (unpaired) electrons. The van der Waals surface area contributed by atoms with Crippen LogP contribution in [-0.2, 0) is 28.6 Å². The molecule has 0 saturated carbocycles. The van der Waals surface area contributed by atoms with E-state index in [1.165, 1.54) is 77.0 Å². The summed E-state index contributed by atoms with van der Waals surface area (Å²) in [4.78, 5) is 37.6. The van der Waals surface area contributed by atoms with Crippen LogP contribution in [0.25, 0.3) is 0 Å². The van der Waals surface area contributed by atoms with Gasteiger partial charge in [-0.05, 0) is 70.6 Å². The van der Waals surface area contributed by atoms with Crippen LogP contribution in [-0.4, -0.2) is 37.2 Å². The first-order valence-corrected chi connectivity index (χ1v) is 23.4. The van der Waals surface area contributed by atoms with Crippen molar-refractivity contribution in [2.24, 2.45) is 0 Å². The molecule has 1 atom stereocenters. The van der Waals surface area contributed by atoms with Gasteiger partial charge < -0.3 is 14.2 Å². The molecule has 0 aromatic rings. The van der Waals surface area contributed by atoms with Crippen LogP contribution in [0.4, 0.5) is 0 Å². The minimum absolute atomic E-state index is 0.0880. The molecule has 0 aliphatic carbocycles. The number of esters is 3. The zero-order valence-corrected chi connectivity index (χ0v) is 37.1. The molecule has 0 aromatic carbocycles. The smallest absolute Gasteiger partial charge is 0.306 e. The van der Waals surface area contributed by atoms with E-state index in [4.69, 9.17) is 14.2 Å². The van der Waals surface area contributed by atoms with Crippen molar-refractivity contribution in [2.45, 2.75) is 219 Å². The summed E-state index contributed by atoms with van der Waals surface area (Å²) >= 11 is 0. The lowest BCUT2D eigenvalue weighted by atomic mass is 10.1. The summed E-state index contributed by atoms with van der Waals surface area (Å²) in [5, 5.41) is 0. The van der Waals surface area contributed by atoms with Crippen LogP contribution in [0.15, 0.2) is 72.9 Å². The molecule has 0 amide bonds. The number of carbonyl (C=O) groups is 3. The lowest BCUT2D eigenvalue weighted by Gasteiger charge is -2.18. The molecular weight excluding hydrogens is 709 g/mol. The van der Waals surface area contributed by atoms with E-state index in [0.29, 0.717) is 19.3 Å². The minimum atomic E-state index is -0.786. The Balaban J connectivity index is 4.34. The normalized spacial score (nSPS) is 12.7. The highest BCUT2D eigenvalue weighted by Crippen LogP contribution is 2.14. The molecule has 6 heteroatoms. The van der Waals surface area contributed by atoms with Crippen molar-refractivity contribution in [3.8, 4) is 0 Å². The molecular formula is C51H86O6. The summed E-state index contributed by atoms with van der Waals surface area (Å²) in [6, 6.07) is 0. The Morgan fingerprint density at radius 1 is 0.368 bits per heavy atom. The number of hydrogen-bond donors (Lipinski definition) is 0. The van der Waals surface area contributed by atoms with Gasteiger partial charge in [-0.15, -0.1) is 0 Å². The summed E-state index contributed by atoms with van der Waals surface area (Å²) in [6.45, 7) is 6.42. The van der Waals surface area contributed by atoms with Crippen LogP contribution < -0.4 is 0 Å². The zero-order valence-electron chi connectivity index (χ0n) is 37.1. The maximum absolute atomic E-state index is 12.7. The van der Waals surface area contributed by atoms with Crippen LogP contribution in [0.1, 0.15) is 213 Å². The first-order chi connectivity index (χ1) is 28.0. The van der Waals surface area contributed by atoms with Gasteiger partial charge in [0, 0.05) is 19.3 Å². The Hall–Kier alpha value is -3.15. The Labute approximate surface area is 351 Å². The van der Waals surface area contributed by atoms with E-state index in [0.717, 1.165) is 96.3 Å². The average Bonchev–Trinajstić information content (AvgIpc) is 3.21. The van der Waals surface area contributed by atoms with Crippen molar-refractivity contribution in [3.05, 3.63) is 72.9 Å². The summed E-state index contributed by atoms with van der Waals surface area (Å²) in [5.41, 5.74) is 0. The second kappa shape index (κ2) is 45.6. The predicted molar refractivity (Wildman–Crippen MR) is 242 cm³/mol. The third-order valence-corrected chi connectivity index (χ3v) is 9.73. The van der Waals surface area contributed by atoms with E-state index < -0.39 is 6.10 Å². The Morgan fingerprint density at radius 3 is 1.07 bits per heavy atom. The summed E-state index contributed by atoms with van der Waals surface area (Å²) in [5.74, 6) is -0.944. The van der Waals surface area contributed by atoms with Gasteiger partial charge in [-0.25, -0.2) is 0 Å². The van der Waals surface area contributed by atoms with Crippen molar-refractivity contribution in [2.75, 3.05) is 13.2 Å². The molecule has 326 valence electrons. The fourth-order valence-electron chi connectivity index (χ4n) is 6.21. The highest BCUT2D eigenvalue weighted by Gasteiger charge is 2.19. The molecule has 1 unspecified atom stereocenters. The number of unbranched alkanes of at least 4 members (excludes halogenated alkanes) is 18. The van der Waals surface area contributed by atoms with Crippen LogP contribution in [0.3, 0.4) is 0 Å². The number of ether oxygens (including phenoxy) is 3. The highest BCUT2D eigenvalue weighted by molar-refractivity contribution is 5.71. The maximum Gasteiger partial charge on any atom is 0.306 e. The van der Waals surface area contributed by atoms with Gasteiger partial charge in [0.05, 0.1) is 0 Å². The predicted octanol–water partition coefficient (Wildman–Crippen LogP) is 15.1. The third-order valence-electron chi connectivity index (χ3n) is 9.73. The molecule has 0 aromatic heterocycles. The van der Waals surface area contributed by atoms with E-state index in [-0.39, 0.29) is 31.1 Å². The Kier molecular flexibility index (Phi) is 43.0. The van der Waals surface area contributed by atoms with Gasteiger partial charge in [-0.2, -0.15) is 0 Å². The molecule has 0 aliphatic heterocycles. The van der Waals surface area contributed by atoms with Gasteiger partial charge in [-0.1, -0.05) is 196 Å². The lowest BCUT2D eigenvalue weighted by Crippen LogP contribution is -2.30. The van der Waals surface area contributed by atoms with Crippen LogP contribution >= 0.6 is 0 Å². The molecule has 0 rings (SSSR count). The Morgan fingerprint density at radius 2 is 0.684 bits per heavy atom. The van der Waals surface area contributed by atoms with Crippen molar-refractivity contribution in [3.63, 3.8) is 0 Å². The van der Waals surface area contributed by atoms with E-state index >= 15 is 0 Å². The van der Waals surface area contributed by atoms with Crippen molar-refractivity contribution >= 4 is 17.9 Å². The second-order valence-corrected chi connectivity index (χ2v) is 15.3. The van der Waals surface area contributed by atoms with Crippen LogP contribution in [0.5, 0.6) is 0 Å². The molecule has 0 heterocycles. The number of hydrogen-bond acceptors (Lipinski definition) is 6. The quantitative estimate of drug-likeness (QED) is 0.0265. The van der Waals surface area contributed by atoms with Gasteiger partial charge in [0.25, 0.3) is 0 Å². The van der Waals surface area contributed by atoms with E-state index in [9.17, 15) is 14.4 Å². The molecule has 0 aliphatic rings. The number of rotatable bonds is 41. The second-order valence-electron chi connectivity index (χ2n) is 15.3. The zero-order chi connectivity index (χ0) is 41.5. The van der Waals surface area contributed by atoms with Gasteiger partial charge >= 0.3 is 17.9 Å². The lowest BCUT2D eigenvalue weighted by molar-refractivity contribution is -0.167. The average molecular weight is 795 g/mol. The van der Waals surface area contributed by atoms with Gasteiger partial charge in [-0.3, -0.25) is 14.4 Å². The molecule has 0 spiro atoms. The maximum atomic E-state index is 12.7. The fraction of sp³-hybridized carbons (Fsp3) is 0.706. The van der Waals surface area contributed by atoms with Crippen molar-refractivity contribution in [1.29, 1.82) is 0 Å². The fourth-order valence-corrected chi connectivity index (χ4v) is 6.21. The topological polar surface area (TPSA) is 78.9 Å². The summed E-state index contributed by atoms with van der Waals surface area (Å²) in [7, 11) is 0. The van der Waals surface area contributed by atoms with Crippen LogP contribution in [0, 0.1) is 0 Å². The third kappa shape index (κ3) is 43.8. The molecule has 57 heavy (non-hydrogen) atoms.